The average molecular weight is 269 g/mol. The summed E-state index contributed by atoms with van der Waals surface area (Å²) in [5.74, 6) is -0.427. The Balaban J connectivity index is 2.19. The smallest absolute Gasteiger partial charge is 0.195 e. The minimum absolute atomic E-state index is 0.427. The molecular weight excluding hydrogens is 256 g/mol. The van der Waals surface area contributed by atoms with Gasteiger partial charge in [0.25, 0.3) is 0 Å². The number of rotatable bonds is 0. The van der Waals surface area contributed by atoms with E-state index < -0.39 is 5.79 Å². The molecule has 1 heterocycles. The number of halogens is 1. The predicted octanol–water partition coefficient (Wildman–Crippen LogP) is 2.90. The molecule has 1 saturated heterocycles. The van der Waals surface area contributed by atoms with Crippen LogP contribution in [-0.2, 0) is 21.7 Å². The second-order valence-electron chi connectivity index (χ2n) is 4.16. The van der Waals surface area contributed by atoms with Gasteiger partial charge in [-0.1, -0.05) is 22.0 Å². The molecule has 1 fully saturated rings. The van der Waals surface area contributed by atoms with E-state index >= 15 is 0 Å². The Morgan fingerprint density at radius 1 is 1.27 bits per heavy atom. The van der Waals surface area contributed by atoms with Crippen LogP contribution in [0.25, 0.3) is 0 Å². The van der Waals surface area contributed by atoms with E-state index in [-0.39, 0.29) is 0 Å². The average Bonchev–Trinajstić information content (AvgIpc) is 2.83. The van der Waals surface area contributed by atoms with Gasteiger partial charge in [0.2, 0.25) is 0 Å². The van der Waals surface area contributed by atoms with Gasteiger partial charge in [-0.2, -0.15) is 0 Å². The van der Waals surface area contributed by atoms with Crippen molar-refractivity contribution in [1.29, 1.82) is 0 Å². The molecular formula is C12H13BrO2. The molecule has 0 N–H and O–H groups in total. The Morgan fingerprint density at radius 2 is 2.00 bits per heavy atom. The van der Waals surface area contributed by atoms with E-state index in [0.29, 0.717) is 13.2 Å². The van der Waals surface area contributed by atoms with Gasteiger partial charge in [0.1, 0.15) is 0 Å². The fraction of sp³-hybridized carbons (Fsp3) is 0.500. The summed E-state index contributed by atoms with van der Waals surface area (Å²) >= 11 is 3.57. The lowest BCUT2D eigenvalue weighted by molar-refractivity contribution is -0.163. The van der Waals surface area contributed by atoms with Crippen LogP contribution in [-0.4, -0.2) is 13.2 Å². The summed E-state index contributed by atoms with van der Waals surface area (Å²) in [5, 5.41) is 0. The van der Waals surface area contributed by atoms with Crippen LogP contribution >= 0.6 is 15.9 Å². The molecule has 3 heteroatoms. The molecule has 1 spiro atoms. The van der Waals surface area contributed by atoms with Crippen molar-refractivity contribution in [2.75, 3.05) is 13.2 Å². The zero-order chi connectivity index (χ0) is 10.5. The summed E-state index contributed by atoms with van der Waals surface area (Å²) in [6, 6.07) is 4.29. The predicted molar refractivity (Wildman–Crippen MR) is 60.8 cm³/mol. The molecule has 0 saturated carbocycles. The normalized spacial score (nSPS) is 22.3. The van der Waals surface area contributed by atoms with Gasteiger partial charge >= 0.3 is 0 Å². The highest BCUT2D eigenvalue weighted by atomic mass is 79.9. The van der Waals surface area contributed by atoms with Crippen molar-refractivity contribution < 1.29 is 9.47 Å². The molecule has 0 atom stereocenters. The molecule has 1 aromatic rings. The number of fused-ring (bicyclic) bond motifs is 2. The Morgan fingerprint density at radius 3 is 2.73 bits per heavy atom. The molecule has 2 nitrogen and oxygen atoms in total. The van der Waals surface area contributed by atoms with Crippen LogP contribution in [0.15, 0.2) is 16.6 Å². The second-order valence-corrected chi connectivity index (χ2v) is 5.01. The molecule has 2 aliphatic rings. The molecule has 0 bridgehead atoms. The molecule has 15 heavy (non-hydrogen) atoms. The highest BCUT2D eigenvalue weighted by molar-refractivity contribution is 9.10. The first-order valence-corrected chi connectivity index (χ1v) is 6.09. The van der Waals surface area contributed by atoms with E-state index in [2.05, 4.69) is 35.0 Å². The summed E-state index contributed by atoms with van der Waals surface area (Å²) in [5.41, 5.74) is 3.89. The number of hydrogen-bond acceptors (Lipinski definition) is 2. The van der Waals surface area contributed by atoms with Crippen molar-refractivity contribution in [3.8, 4) is 0 Å². The van der Waals surface area contributed by atoms with Crippen molar-refractivity contribution in [1.82, 2.24) is 0 Å². The van der Waals surface area contributed by atoms with Crippen LogP contribution in [0, 0.1) is 6.92 Å². The molecule has 80 valence electrons. The molecule has 1 aliphatic carbocycles. The Labute approximate surface area is 97.7 Å². The zero-order valence-corrected chi connectivity index (χ0v) is 10.3. The fourth-order valence-corrected chi connectivity index (χ4v) is 2.98. The molecule has 1 aliphatic heterocycles. The van der Waals surface area contributed by atoms with Gasteiger partial charge in [-0.3, -0.25) is 0 Å². The minimum Gasteiger partial charge on any atom is -0.343 e. The van der Waals surface area contributed by atoms with Crippen LogP contribution in [0.4, 0.5) is 0 Å². The third-order valence-electron chi connectivity index (χ3n) is 3.34. The molecule has 0 amide bonds. The standard InChI is InChI=1S/C12H13BrO2/c1-8-10(13)3-2-9-4-5-12(11(8)9)14-6-7-15-12/h2-3H,4-7H2,1H3. The van der Waals surface area contributed by atoms with Gasteiger partial charge < -0.3 is 9.47 Å². The molecule has 0 radical (unpaired) electrons. The number of hydrogen-bond donors (Lipinski definition) is 0. The first-order chi connectivity index (χ1) is 7.23. The molecule has 0 unspecified atom stereocenters. The lowest BCUT2D eigenvalue weighted by atomic mass is 10.0. The van der Waals surface area contributed by atoms with Crippen molar-refractivity contribution in [3.05, 3.63) is 33.3 Å². The van der Waals surface area contributed by atoms with Gasteiger partial charge in [0, 0.05) is 16.5 Å². The fourth-order valence-electron chi connectivity index (χ4n) is 2.65. The summed E-state index contributed by atoms with van der Waals surface area (Å²) in [7, 11) is 0. The maximum atomic E-state index is 5.82. The van der Waals surface area contributed by atoms with Gasteiger partial charge in [-0.15, -0.1) is 0 Å². The van der Waals surface area contributed by atoms with E-state index in [1.165, 1.54) is 16.7 Å². The zero-order valence-electron chi connectivity index (χ0n) is 8.68. The monoisotopic (exact) mass is 268 g/mol. The van der Waals surface area contributed by atoms with Crippen molar-refractivity contribution in [2.45, 2.75) is 25.6 Å². The van der Waals surface area contributed by atoms with E-state index in [0.717, 1.165) is 17.3 Å². The van der Waals surface area contributed by atoms with Crippen LogP contribution in [0.3, 0.4) is 0 Å². The van der Waals surface area contributed by atoms with Gasteiger partial charge in [0.15, 0.2) is 5.79 Å². The molecule has 3 rings (SSSR count). The van der Waals surface area contributed by atoms with Gasteiger partial charge in [-0.05, 0) is 30.5 Å². The van der Waals surface area contributed by atoms with Crippen LogP contribution in [0.2, 0.25) is 0 Å². The number of aryl methyl sites for hydroxylation is 1. The summed E-state index contributed by atoms with van der Waals surface area (Å²) in [6.07, 6.45) is 2.02. The van der Waals surface area contributed by atoms with Crippen molar-refractivity contribution in [3.63, 3.8) is 0 Å². The molecule has 1 aromatic carbocycles. The third kappa shape index (κ3) is 1.30. The maximum Gasteiger partial charge on any atom is 0.195 e. The summed E-state index contributed by atoms with van der Waals surface area (Å²) < 4.78 is 12.8. The first kappa shape index (κ1) is 9.82. The topological polar surface area (TPSA) is 18.5 Å². The van der Waals surface area contributed by atoms with Gasteiger partial charge in [0.05, 0.1) is 13.2 Å². The van der Waals surface area contributed by atoms with Crippen LogP contribution in [0.5, 0.6) is 0 Å². The summed E-state index contributed by atoms with van der Waals surface area (Å²) in [6.45, 7) is 3.55. The van der Waals surface area contributed by atoms with Crippen molar-refractivity contribution >= 4 is 15.9 Å². The quantitative estimate of drug-likeness (QED) is 0.721. The lowest BCUT2D eigenvalue weighted by Crippen LogP contribution is -2.24. The highest BCUT2D eigenvalue weighted by Crippen LogP contribution is 2.46. The minimum atomic E-state index is -0.427. The third-order valence-corrected chi connectivity index (χ3v) is 4.20. The summed E-state index contributed by atoms with van der Waals surface area (Å²) in [4.78, 5) is 0. The van der Waals surface area contributed by atoms with Crippen LogP contribution in [0.1, 0.15) is 23.1 Å². The first-order valence-electron chi connectivity index (χ1n) is 5.29. The van der Waals surface area contributed by atoms with E-state index in [9.17, 15) is 0 Å². The van der Waals surface area contributed by atoms with E-state index in [1.807, 2.05) is 0 Å². The highest BCUT2D eigenvalue weighted by Gasteiger charge is 2.45. The largest absolute Gasteiger partial charge is 0.343 e. The Kier molecular flexibility index (Phi) is 2.16. The SMILES string of the molecule is Cc1c(Br)ccc2c1C1(CC2)OCCO1. The lowest BCUT2D eigenvalue weighted by Gasteiger charge is -2.24. The van der Waals surface area contributed by atoms with Crippen LogP contribution < -0.4 is 0 Å². The Bertz CT molecular complexity index is 408. The van der Waals surface area contributed by atoms with E-state index in [1.54, 1.807) is 0 Å². The van der Waals surface area contributed by atoms with Gasteiger partial charge in [-0.25, -0.2) is 0 Å². The van der Waals surface area contributed by atoms with Crippen molar-refractivity contribution in [2.24, 2.45) is 0 Å². The second kappa shape index (κ2) is 3.30. The van der Waals surface area contributed by atoms with E-state index in [4.69, 9.17) is 9.47 Å². The maximum absolute atomic E-state index is 5.82. The molecule has 0 aromatic heterocycles. The number of benzene rings is 1. The number of ether oxygens (including phenoxy) is 2. The Hall–Kier alpha value is -0.380.